The van der Waals surface area contributed by atoms with Crippen LogP contribution in [0.15, 0.2) is 29.6 Å². The van der Waals surface area contributed by atoms with Crippen LogP contribution in [0, 0.1) is 0 Å². The molecule has 140 valence electrons. The number of methoxy groups -OCH3 is 1. The number of carbonyl (C=O) groups excluding carboxylic acids is 1. The van der Waals surface area contributed by atoms with Crippen molar-refractivity contribution in [3.63, 3.8) is 0 Å². The molecule has 1 aromatic heterocycles. The van der Waals surface area contributed by atoms with Crippen LogP contribution in [-0.2, 0) is 4.74 Å². The third-order valence-electron chi connectivity index (χ3n) is 4.62. The average Bonchev–Trinajstić information content (AvgIpc) is 3.17. The van der Waals surface area contributed by atoms with Crippen LogP contribution in [0.5, 0.6) is 5.75 Å². The molecule has 2 heterocycles. The first-order valence-electron chi connectivity index (χ1n) is 8.70. The summed E-state index contributed by atoms with van der Waals surface area (Å²) in [5.41, 5.74) is 1.32. The number of thiazole rings is 1. The van der Waals surface area contributed by atoms with E-state index in [0.29, 0.717) is 12.2 Å². The molecular weight excluding hydrogens is 350 g/mol. The minimum Gasteiger partial charge on any atom is -0.497 e. The average molecular weight is 375 g/mol. The number of rotatable bonds is 6. The van der Waals surface area contributed by atoms with Crippen LogP contribution in [-0.4, -0.2) is 61.3 Å². The second-order valence-corrected chi connectivity index (χ2v) is 7.72. The van der Waals surface area contributed by atoms with Crippen molar-refractivity contribution in [1.82, 2.24) is 15.2 Å². The zero-order chi connectivity index (χ0) is 18.6. The predicted molar refractivity (Wildman–Crippen MR) is 103 cm³/mol. The fraction of sp³-hybridized carbons (Fsp3) is 0.474. The molecule has 1 saturated heterocycles. The van der Waals surface area contributed by atoms with Crippen molar-refractivity contribution in [1.29, 1.82) is 0 Å². The first kappa shape index (κ1) is 18.8. The van der Waals surface area contributed by atoms with Gasteiger partial charge in [-0.2, -0.15) is 0 Å². The van der Waals surface area contributed by atoms with Crippen molar-refractivity contribution in [3.8, 4) is 16.3 Å². The third kappa shape index (κ3) is 4.41. The van der Waals surface area contributed by atoms with Crippen LogP contribution in [0.3, 0.4) is 0 Å². The lowest BCUT2D eigenvalue weighted by molar-refractivity contribution is -0.00924. The summed E-state index contributed by atoms with van der Waals surface area (Å²) in [6.45, 7) is 8.12. The highest BCUT2D eigenvalue weighted by molar-refractivity contribution is 7.13. The molecule has 1 amide bonds. The minimum atomic E-state index is -0.137. The van der Waals surface area contributed by atoms with Gasteiger partial charge in [-0.05, 0) is 38.1 Å². The fourth-order valence-electron chi connectivity index (χ4n) is 2.91. The largest absolute Gasteiger partial charge is 0.497 e. The summed E-state index contributed by atoms with van der Waals surface area (Å²) in [6, 6.07) is 7.67. The fourth-order valence-corrected chi connectivity index (χ4v) is 3.72. The van der Waals surface area contributed by atoms with Gasteiger partial charge in [0.15, 0.2) is 0 Å². The summed E-state index contributed by atoms with van der Waals surface area (Å²) in [5, 5.41) is 5.65. The number of aromatic nitrogens is 1. The molecule has 0 bridgehead atoms. The maximum atomic E-state index is 12.5. The van der Waals surface area contributed by atoms with Crippen LogP contribution in [0.25, 0.3) is 10.6 Å². The minimum absolute atomic E-state index is 0.117. The van der Waals surface area contributed by atoms with Gasteiger partial charge in [0.25, 0.3) is 5.91 Å². The lowest BCUT2D eigenvalue weighted by atomic mass is 10.0. The standard InChI is InChI=1S/C19H25N3O3S/c1-19(2,22-8-10-25-11-9-22)13-20-17(23)16-12-26-18(21-16)14-4-6-15(24-3)7-5-14/h4-7,12H,8-11,13H2,1-3H3,(H,20,23). The van der Waals surface area contributed by atoms with Crippen LogP contribution in [0.4, 0.5) is 0 Å². The van der Waals surface area contributed by atoms with Gasteiger partial charge >= 0.3 is 0 Å². The number of ether oxygens (including phenoxy) is 2. The summed E-state index contributed by atoms with van der Waals surface area (Å²) in [4.78, 5) is 19.3. The van der Waals surface area contributed by atoms with Crippen LogP contribution in [0.1, 0.15) is 24.3 Å². The zero-order valence-corrected chi connectivity index (χ0v) is 16.3. The SMILES string of the molecule is COc1ccc(-c2nc(C(=O)NCC(C)(C)N3CCOCC3)cs2)cc1. The first-order chi connectivity index (χ1) is 12.5. The van der Waals surface area contributed by atoms with Gasteiger partial charge in [0.2, 0.25) is 0 Å². The Bertz CT molecular complexity index is 737. The monoisotopic (exact) mass is 375 g/mol. The van der Waals surface area contributed by atoms with Crippen molar-refractivity contribution in [2.45, 2.75) is 19.4 Å². The Kier molecular flexibility index (Phi) is 5.90. The van der Waals surface area contributed by atoms with Gasteiger partial charge in [0.1, 0.15) is 16.5 Å². The van der Waals surface area contributed by atoms with Crippen molar-refractivity contribution in [2.24, 2.45) is 0 Å². The molecule has 26 heavy (non-hydrogen) atoms. The van der Waals surface area contributed by atoms with E-state index in [1.165, 1.54) is 11.3 Å². The Balaban J connectivity index is 1.60. The quantitative estimate of drug-likeness (QED) is 0.841. The van der Waals surface area contributed by atoms with Crippen LogP contribution < -0.4 is 10.1 Å². The maximum absolute atomic E-state index is 12.5. The van der Waals surface area contributed by atoms with E-state index in [9.17, 15) is 4.79 Å². The third-order valence-corrected chi connectivity index (χ3v) is 5.51. The molecule has 0 aliphatic carbocycles. The molecule has 1 fully saturated rings. The van der Waals surface area contributed by atoms with Gasteiger partial charge in [-0.15, -0.1) is 11.3 Å². The summed E-state index contributed by atoms with van der Waals surface area (Å²) < 4.78 is 10.6. The molecule has 0 atom stereocenters. The van der Waals surface area contributed by atoms with E-state index in [1.54, 1.807) is 12.5 Å². The number of hydrogen-bond donors (Lipinski definition) is 1. The highest BCUT2D eigenvalue weighted by atomic mass is 32.1. The van der Waals surface area contributed by atoms with Gasteiger partial charge < -0.3 is 14.8 Å². The molecule has 0 spiro atoms. The molecule has 1 aliphatic heterocycles. The van der Waals surface area contributed by atoms with E-state index < -0.39 is 0 Å². The number of nitrogens with one attached hydrogen (secondary N) is 1. The van der Waals surface area contributed by atoms with Crippen LogP contribution >= 0.6 is 11.3 Å². The number of carbonyl (C=O) groups is 1. The number of nitrogens with zero attached hydrogens (tertiary/aromatic N) is 2. The van der Waals surface area contributed by atoms with E-state index in [4.69, 9.17) is 9.47 Å². The van der Waals surface area contributed by atoms with E-state index >= 15 is 0 Å². The Hall–Kier alpha value is -1.96. The summed E-state index contributed by atoms with van der Waals surface area (Å²) in [5.74, 6) is 0.663. The Labute approximate surface area is 158 Å². The smallest absolute Gasteiger partial charge is 0.270 e. The highest BCUT2D eigenvalue weighted by Crippen LogP contribution is 2.25. The molecule has 1 aromatic carbocycles. The zero-order valence-electron chi connectivity index (χ0n) is 15.4. The van der Waals surface area contributed by atoms with Gasteiger partial charge in [0.05, 0.1) is 20.3 Å². The summed E-state index contributed by atoms with van der Waals surface area (Å²) in [6.07, 6.45) is 0. The van der Waals surface area contributed by atoms with Crippen molar-refractivity contribution in [3.05, 3.63) is 35.3 Å². The molecule has 0 radical (unpaired) electrons. The van der Waals surface area contributed by atoms with E-state index in [1.807, 2.05) is 24.3 Å². The molecule has 0 unspecified atom stereocenters. The number of benzene rings is 1. The number of morpholine rings is 1. The van der Waals surface area contributed by atoms with Crippen LogP contribution in [0.2, 0.25) is 0 Å². The second-order valence-electron chi connectivity index (χ2n) is 6.86. The number of amides is 1. The lowest BCUT2D eigenvalue weighted by Gasteiger charge is -2.40. The Morgan fingerprint density at radius 3 is 2.65 bits per heavy atom. The second kappa shape index (κ2) is 8.16. The Morgan fingerprint density at radius 1 is 1.31 bits per heavy atom. The van der Waals surface area contributed by atoms with Gasteiger partial charge in [-0.25, -0.2) is 4.98 Å². The van der Waals surface area contributed by atoms with Gasteiger partial charge in [0, 0.05) is 36.1 Å². The van der Waals surface area contributed by atoms with E-state index in [2.05, 4.69) is 29.0 Å². The lowest BCUT2D eigenvalue weighted by Crippen LogP contribution is -2.55. The summed E-state index contributed by atoms with van der Waals surface area (Å²) >= 11 is 1.47. The topological polar surface area (TPSA) is 63.7 Å². The molecule has 1 aliphatic rings. The van der Waals surface area contributed by atoms with Crippen molar-refractivity contribution < 1.29 is 14.3 Å². The summed E-state index contributed by atoms with van der Waals surface area (Å²) in [7, 11) is 1.64. The van der Waals surface area contributed by atoms with E-state index in [-0.39, 0.29) is 11.4 Å². The van der Waals surface area contributed by atoms with Crippen molar-refractivity contribution in [2.75, 3.05) is 40.0 Å². The molecule has 6 nitrogen and oxygen atoms in total. The molecule has 2 aromatic rings. The molecular formula is C19H25N3O3S. The Morgan fingerprint density at radius 2 is 2.00 bits per heavy atom. The van der Waals surface area contributed by atoms with Gasteiger partial charge in [-0.1, -0.05) is 0 Å². The first-order valence-corrected chi connectivity index (χ1v) is 9.58. The highest BCUT2D eigenvalue weighted by Gasteiger charge is 2.29. The van der Waals surface area contributed by atoms with Gasteiger partial charge in [-0.3, -0.25) is 9.69 Å². The van der Waals surface area contributed by atoms with Crippen molar-refractivity contribution >= 4 is 17.2 Å². The molecule has 7 heteroatoms. The molecule has 0 saturated carbocycles. The maximum Gasteiger partial charge on any atom is 0.270 e. The predicted octanol–water partition coefficient (Wildman–Crippen LogP) is 2.66. The normalized spacial score (nSPS) is 15.7. The van der Waals surface area contributed by atoms with E-state index in [0.717, 1.165) is 42.6 Å². The molecule has 3 rings (SSSR count). The number of hydrogen-bond acceptors (Lipinski definition) is 6. The molecule has 1 N–H and O–H groups in total.